The summed E-state index contributed by atoms with van der Waals surface area (Å²) >= 11 is 5.19. The zero-order valence-electron chi connectivity index (χ0n) is 14.7. The molecule has 1 aromatic carbocycles. The smallest absolute Gasteiger partial charge is 0.270 e. The molecule has 0 atom stereocenters. The Kier molecular flexibility index (Phi) is 4.77. The number of thiocarbonyl (C=S) groups is 1. The van der Waals surface area contributed by atoms with Crippen molar-refractivity contribution in [1.29, 1.82) is 0 Å². The van der Waals surface area contributed by atoms with Crippen molar-refractivity contribution in [2.45, 2.75) is 19.3 Å². The van der Waals surface area contributed by atoms with Gasteiger partial charge in [0.25, 0.3) is 11.8 Å². The molecule has 0 unspecified atom stereocenters. The van der Waals surface area contributed by atoms with Crippen molar-refractivity contribution >= 4 is 46.8 Å². The van der Waals surface area contributed by atoms with Crippen molar-refractivity contribution in [1.82, 2.24) is 5.32 Å². The van der Waals surface area contributed by atoms with Gasteiger partial charge >= 0.3 is 0 Å². The van der Waals surface area contributed by atoms with Crippen LogP contribution in [-0.2, 0) is 9.59 Å². The third-order valence-corrected chi connectivity index (χ3v) is 4.97. The standard InChI is InChI=1S/C20H19N3O3S/c24-18-16(13-15-9-10-17(26-15)22-11-5-2-6-12-22)19(25)23(20(27)21-18)14-7-3-1-4-8-14/h1,3-4,7-10,13H,2,5-6,11-12H2,(H,21,24,27)/b16-13-. The van der Waals surface area contributed by atoms with E-state index >= 15 is 0 Å². The van der Waals surface area contributed by atoms with Gasteiger partial charge < -0.3 is 9.32 Å². The van der Waals surface area contributed by atoms with Crippen molar-refractivity contribution < 1.29 is 14.0 Å². The Hall–Kier alpha value is -2.93. The minimum Gasteiger partial charge on any atom is -0.441 e. The second kappa shape index (κ2) is 7.36. The molecule has 1 aromatic heterocycles. The first-order valence-corrected chi connectivity index (χ1v) is 9.35. The minimum atomic E-state index is -0.520. The van der Waals surface area contributed by atoms with Crippen LogP contribution in [0.2, 0.25) is 0 Å². The molecule has 2 aromatic rings. The summed E-state index contributed by atoms with van der Waals surface area (Å²) in [4.78, 5) is 28.8. The van der Waals surface area contributed by atoms with Crippen LogP contribution in [0.4, 0.5) is 11.6 Å². The van der Waals surface area contributed by atoms with Crippen LogP contribution < -0.4 is 15.1 Å². The van der Waals surface area contributed by atoms with E-state index in [1.54, 1.807) is 18.2 Å². The van der Waals surface area contributed by atoms with Gasteiger partial charge in [0.15, 0.2) is 11.0 Å². The molecule has 2 amide bonds. The van der Waals surface area contributed by atoms with Crippen LogP contribution in [0.15, 0.2) is 52.5 Å². The van der Waals surface area contributed by atoms with Gasteiger partial charge in [-0.25, -0.2) is 0 Å². The van der Waals surface area contributed by atoms with Crippen LogP contribution >= 0.6 is 12.2 Å². The van der Waals surface area contributed by atoms with E-state index in [1.165, 1.54) is 17.4 Å². The summed E-state index contributed by atoms with van der Waals surface area (Å²) in [6.07, 6.45) is 4.99. The minimum absolute atomic E-state index is 0.00741. The lowest BCUT2D eigenvalue weighted by atomic mass is 10.1. The number of benzene rings is 1. The number of piperidine rings is 1. The van der Waals surface area contributed by atoms with Gasteiger partial charge in [0, 0.05) is 19.2 Å². The van der Waals surface area contributed by atoms with Gasteiger partial charge in [-0.05, 0) is 55.8 Å². The summed E-state index contributed by atoms with van der Waals surface area (Å²) in [5.74, 6) is 0.245. The molecule has 1 N–H and O–H groups in total. The highest BCUT2D eigenvalue weighted by Crippen LogP contribution is 2.26. The first-order valence-electron chi connectivity index (χ1n) is 8.95. The maximum absolute atomic E-state index is 12.9. The first kappa shape index (κ1) is 17.5. The van der Waals surface area contributed by atoms with Crippen molar-refractivity contribution in [2.75, 3.05) is 22.9 Å². The quantitative estimate of drug-likeness (QED) is 0.503. The van der Waals surface area contributed by atoms with Crippen LogP contribution in [0.5, 0.6) is 0 Å². The maximum Gasteiger partial charge on any atom is 0.270 e. The summed E-state index contributed by atoms with van der Waals surface area (Å²) in [5, 5.41) is 2.65. The molecule has 3 heterocycles. The zero-order chi connectivity index (χ0) is 18.8. The Labute approximate surface area is 162 Å². The highest BCUT2D eigenvalue weighted by atomic mass is 32.1. The number of hydrogen-bond acceptors (Lipinski definition) is 5. The number of nitrogens with one attached hydrogen (secondary N) is 1. The van der Waals surface area contributed by atoms with Gasteiger partial charge in [0.05, 0.1) is 5.69 Å². The van der Waals surface area contributed by atoms with Crippen molar-refractivity contribution in [3.63, 3.8) is 0 Å². The van der Waals surface area contributed by atoms with E-state index in [4.69, 9.17) is 16.6 Å². The van der Waals surface area contributed by atoms with Crippen molar-refractivity contribution in [2.24, 2.45) is 0 Å². The molecule has 27 heavy (non-hydrogen) atoms. The van der Waals surface area contributed by atoms with Gasteiger partial charge in [-0.2, -0.15) is 0 Å². The number of amides is 2. The molecule has 7 heteroatoms. The molecular formula is C20H19N3O3S. The molecule has 2 aliphatic rings. The summed E-state index contributed by atoms with van der Waals surface area (Å²) in [5.41, 5.74) is 0.596. The van der Waals surface area contributed by atoms with E-state index in [-0.39, 0.29) is 10.7 Å². The monoisotopic (exact) mass is 381 g/mol. The summed E-state index contributed by atoms with van der Waals surface area (Å²) in [6.45, 7) is 1.91. The number of para-hydroxylation sites is 1. The Bertz CT molecular complexity index is 914. The normalized spacial score (nSPS) is 19.6. The third-order valence-electron chi connectivity index (χ3n) is 4.68. The number of carbonyl (C=O) groups excluding carboxylic acids is 2. The van der Waals surface area contributed by atoms with Crippen LogP contribution in [0, 0.1) is 0 Å². The summed E-state index contributed by atoms with van der Waals surface area (Å²) in [6, 6.07) is 12.6. The Morgan fingerprint density at radius 3 is 2.48 bits per heavy atom. The molecule has 4 rings (SSSR count). The number of carbonyl (C=O) groups is 2. The molecule has 138 valence electrons. The van der Waals surface area contributed by atoms with E-state index in [0.717, 1.165) is 31.8 Å². The highest BCUT2D eigenvalue weighted by molar-refractivity contribution is 7.80. The van der Waals surface area contributed by atoms with Gasteiger partial charge in [0.1, 0.15) is 11.3 Å². The Morgan fingerprint density at radius 1 is 1.00 bits per heavy atom. The van der Waals surface area contributed by atoms with Crippen LogP contribution in [0.1, 0.15) is 25.0 Å². The van der Waals surface area contributed by atoms with E-state index in [0.29, 0.717) is 11.4 Å². The number of hydrogen-bond donors (Lipinski definition) is 1. The number of anilines is 2. The molecule has 6 nitrogen and oxygen atoms in total. The fourth-order valence-corrected chi connectivity index (χ4v) is 3.60. The van der Waals surface area contributed by atoms with Crippen LogP contribution in [0.25, 0.3) is 6.08 Å². The van der Waals surface area contributed by atoms with Crippen LogP contribution in [-0.4, -0.2) is 30.0 Å². The lowest BCUT2D eigenvalue weighted by Gasteiger charge is -2.28. The number of furan rings is 1. The summed E-state index contributed by atoms with van der Waals surface area (Å²) < 4.78 is 5.86. The Balaban J connectivity index is 1.62. The lowest BCUT2D eigenvalue weighted by molar-refractivity contribution is -0.122. The largest absolute Gasteiger partial charge is 0.441 e. The lowest BCUT2D eigenvalue weighted by Crippen LogP contribution is -2.54. The SMILES string of the molecule is O=C1NC(=S)N(c2ccccc2)C(=O)/C1=C\c1ccc(N2CCCCC2)o1. The second-order valence-electron chi connectivity index (χ2n) is 6.52. The fourth-order valence-electron chi connectivity index (χ4n) is 3.32. The van der Waals surface area contributed by atoms with Crippen molar-refractivity contribution in [3.05, 3.63) is 53.8 Å². The summed E-state index contributed by atoms with van der Waals surface area (Å²) in [7, 11) is 0. The van der Waals surface area contributed by atoms with Crippen LogP contribution in [0.3, 0.4) is 0 Å². The highest BCUT2D eigenvalue weighted by Gasteiger charge is 2.34. The maximum atomic E-state index is 12.9. The first-order chi connectivity index (χ1) is 13.1. The topological polar surface area (TPSA) is 65.8 Å². The second-order valence-corrected chi connectivity index (χ2v) is 6.90. The van der Waals surface area contributed by atoms with E-state index in [2.05, 4.69) is 10.2 Å². The molecule has 0 bridgehead atoms. The molecule has 0 radical (unpaired) electrons. The average Bonchev–Trinajstić information content (AvgIpc) is 3.15. The average molecular weight is 381 g/mol. The molecule has 0 aliphatic carbocycles. The van der Waals surface area contributed by atoms with Crippen molar-refractivity contribution in [3.8, 4) is 0 Å². The fraction of sp³-hybridized carbons (Fsp3) is 0.250. The predicted octanol–water partition coefficient (Wildman–Crippen LogP) is 3.10. The molecule has 0 saturated carbocycles. The molecule has 0 spiro atoms. The molecule has 2 saturated heterocycles. The van der Waals surface area contributed by atoms with Gasteiger partial charge in [-0.1, -0.05) is 18.2 Å². The number of rotatable bonds is 3. The molecule has 2 fully saturated rings. The molecular weight excluding hydrogens is 362 g/mol. The van der Waals surface area contributed by atoms with E-state index in [9.17, 15) is 9.59 Å². The van der Waals surface area contributed by atoms with Gasteiger partial charge in [-0.15, -0.1) is 0 Å². The van der Waals surface area contributed by atoms with Gasteiger partial charge in [0.2, 0.25) is 0 Å². The predicted molar refractivity (Wildman–Crippen MR) is 107 cm³/mol. The Morgan fingerprint density at radius 2 is 1.74 bits per heavy atom. The van der Waals surface area contributed by atoms with E-state index in [1.807, 2.05) is 24.3 Å². The van der Waals surface area contributed by atoms with Gasteiger partial charge in [-0.3, -0.25) is 19.8 Å². The third kappa shape index (κ3) is 3.50. The zero-order valence-corrected chi connectivity index (χ0v) is 15.5. The van der Waals surface area contributed by atoms with E-state index < -0.39 is 11.8 Å². The molecule has 2 aliphatic heterocycles. The number of nitrogens with zero attached hydrogens (tertiary/aromatic N) is 2.